The molecule has 2 aliphatic rings. The Balaban J connectivity index is 1.57. The molecule has 37 heavy (non-hydrogen) atoms. The summed E-state index contributed by atoms with van der Waals surface area (Å²) in [4.78, 5) is 34.5. The number of amides is 2. The molecule has 2 aromatic rings. The Kier molecular flexibility index (Phi) is 9.16. The summed E-state index contributed by atoms with van der Waals surface area (Å²) in [5.41, 5.74) is 2.18. The van der Waals surface area contributed by atoms with Crippen LogP contribution in [0.3, 0.4) is 0 Å². The Hall–Kier alpha value is -2.97. The lowest BCUT2D eigenvalue weighted by atomic mass is 9.88. The van der Waals surface area contributed by atoms with Gasteiger partial charge in [-0.15, -0.1) is 0 Å². The van der Waals surface area contributed by atoms with Crippen molar-refractivity contribution in [1.29, 1.82) is 0 Å². The lowest BCUT2D eigenvalue weighted by Crippen LogP contribution is -2.49. The second-order valence-corrected chi connectivity index (χ2v) is 10.7. The van der Waals surface area contributed by atoms with Crippen LogP contribution in [0.25, 0.3) is 0 Å². The number of fused-ring (bicyclic) bond motifs is 1. The summed E-state index contributed by atoms with van der Waals surface area (Å²) in [5.74, 6) is 0.389. The third kappa shape index (κ3) is 6.87. The first-order valence-electron chi connectivity index (χ1n) is 13.5. The van der Waals surface area contributed by atoms with Crippen LogP contribution in [0.15, 0.2) is 42.7 Å². The van der Waals surface area contributed by atoms with Gasteiger partial charge in [0.1, 0.15) is 11.9 Å². The molecule has 8 nitrogen and oxygen atoms in total. The zero-order valence-electron chi connectivity index (χ0n) is 22.2. The molecule has 3 atom stereocenters. The topological polar surface area (TPSA) is 95.0 Å². The number of aliphatic hydroxyl groups excluding tert-OH is 1. The normalized spacial score (nSPS) is 21.5. The molecule has 2 heterocycles. The number of carbonyl (C=O) groups is 2. The number of hydrogen-bond acceptors (Lipinski definition) is 6. The van der Waals surface area contributed by atoms with Crippen molar-refractivity contribution < 1.29 is 19.4 Å². The second kappa shape index (κ2) is 12.5. The first kappa shape index (κ1) is 27.1. The van der Waals surface area contributed by atoms with Crippen molar-refractivity contribution in [3.8, 4) is 5.75 Å². The van der Waals surface area contributed by atoms with Crippen LogP contribution >= 0.6 is 0 Å². The molecule has 0 spiro atoms. The molecule has 2 N–H and O–H groups in total. The molecule has 0 saturated heterocycles. The van der Waals surface area contributed by atoms with Crippen LogP contribution < -0.4 is 10.1 Å². The van der Waals surface area contributed by atoms with E-state index in [9.17, 15) is 14.7 Å². The lowest BCUT2D eigenvalue weighted by Gasteiger charge is -2.38. The summed E-state index contributed by atoms with van der Waals surface area (Å²) in [6.07, 6.45) is 8.58. The van der Waals surface area contributed by atoms with E-state index in [-0.39, 0.29) is 42.4 Å². The van der Waals surface area contributed by atoms with Gasteiger partial charge in [0.2, 0.25) is 5.91 Å². The van der Waals surface area contributed by atoms with Crippen molar-refractivity contribution in [3.05, 3.63) is 53.9 Å². The number of rotatable bonds is 8. The molecule has 1 saturated carbocycles. The molecule has 1 fully saturated rings. The molecule has 1 aliphatic heterocycles. The Bertz CT molecular complexity index is 1060. The number of carbonyl (C=O) groups excluding carboxylic acids is 2. The van der Waals surface area contributed by atoms with Gasteiger partial charge in [-0.3, -0.25) is 19.5 Å². The fraction of sp³-hybridized carbons (Fsp3) is 0.552. The number of hydrogen-bond donors (Lipinski definition) is 2. The summed E-state index contributed by atoms with van der Waals surface area (Å²) < 4.78 is 6.49. The highest BCUT2D eigenvalue weighted by Crippen LogP contribution is 2.32. The average molecular weight is 509 g/mol. The maximum atomic E-state index is 13.7. The van der Waals surface area contributed by atoms with Crippen molar-refractivity contribution in [2.24, 2.45) is 11.8 Å². The number of anilines is 1. The molecule has 2 amide bonds. The minimum absolute atomic E-state index is 0.0173. The highest BCUT2D eigenvalue weighted by molar-refractivity contribution is 6.00. The second-order valence-electron chi connectivity index (χ2n) is 10.7. The van der Waals surface area contributed by atoms with Gasteiger partial charge in [0.25, 0.3) is 5.91 Å². The van der Waals surface area contributed by atoms with Crippen LogP contribution in [0, 0.1) is 11.8 Å². The summed E-state index contributed by atoms with van der Waals surface area (Å²) >= 11 is 0. The minimum Gasteiger partial charge on any atom is -0.488 e. The van der Waals surface area contributed by atoms with Gasteiger partial charge in [-0.05, 0) is 62.7 Å². The molecule has 1 aromatic carbocycles. The van der Waals surface area contributed by atoms with Gasteiger partial charge in [0.05, 0.1) is 18.2 Å². The highest BCUT2D eigenvalue weighted by atomic mass is 16.5. The third-order valence-electron chi connectivity index (χ3n) is 7.60. The molecule has 0 bridgehead atoms. The van der Waals surface area contributed by atoms with Crippen molar-refractivity contribution in [1.82, 2.24) is 14.8 Å². The van der Waals surface area contributed by atoms with E-state index in [1.807, 2.05) is 25.1 Å². The van der Waals surface area contributed by atoms with E-state index in [1.165, 1.54) is 12.0 Å². The highest BCUT2D eigenvalue weighted by Gasteiger charge is 2.33. The molecule has 0 radical (unpaired) electrons. The maximum absolute atomic E-state index is 13.7. The van der Waals surface area contributed by atoms with E-state index in [0.717, 1.165) is 32.2 Å². The fourth-order valence-electron chi connectivity index (χ4n) is 5.30. The molecule has 1 aromatic heterocycles. The van der Waals surface area contributed by atoms with Crippen molar-refractivity contribution in [2.75, 3.05) is 32.1 Å². The van der Waals surface area contributed by atoms with Crippen LogP contribution in [0.4, 0.5) is 5.69 Å². The zero-order valence-corrected chi connectivity index (χ0v) is 22.2. The van der Waals surface area contributed by atoms with E-state index in [4.69, 9.17) is 4.74 Å². The van der Waals surface area contributed by atoms with Crippen LogP contribution in [-0.2, 0) is 11.3 Å². The lowest BCUT2D eigenvalue weighted by molar-refractivity contribution is -0.120. The number of ether oxygens (including phenoxy) is 1. The van der Waals surface area contributed by atoms with E-state index in [0.29, 0.717) is 30.1 Å². The minimum atomic E-state index is -0.336. The molecule has 200 valence electrons. The number of likely N-dealkylation sites (N-methyl/N-ethyl adjacent to an activating group) is 1. The van der Waals surface area contributed by atoms with Crippen LogP contribution in [0.2, 0.25) is 0 Å². The van der Waals surface area contributed by atoms with Gasteiger partial charge in [-0.25, -0.2) is 0 Å². The summed E-state index contributed by atoms with van der Waals surface area (Å²) in [5, 5.41) is 12.9. The summed E-state index contributed by atoms with van der Waals surface area (Å²) in [7, 11) is 2.05. The quantitative estimate of drug-likeness (QED) is 0.561. The van der Waals surface area contributed by atoms with Crippen molar-refractivity contribution in [2.45, 2.75) is 64.6 Å². The molecular weight excluding hydrogens is 468 g/mol. The predicted molar refractivity (Wildman–Crippen MR) is 143 cm³/mol. The molecular formula is C29H40N4O4. The number of aromatic nitrogens is 1. The first-order valence-corrected chi connectivity index (χ1v) is 13.5. The molecule has 0 unspecified atom stereocenters. The van der Waals surface area contributed by atoms with Gasteiger partial charge in [0.15, 0.2) is 0 Å². The molecule has 1 aliphatic carbocycles. The van der Waals surface area contributed by atoms with E-state index in [1.54, 1.807) is 29.4 Å². The standard InChI is InChI=1S/C29H40N4O4/c1-20-16-33(21(2)19-34)29(36)25-15-24(31-28(35)23-7-5-4-6-8-23)9-10-26(25)37-27(20)18-32(3)17-22-11-13-30-14-12-22/h9-15,20-21,23,27,34H,4-8,16-19H2,1-3H3,(H,31,35)/t20-,21+,27-/m1/s1. The number of benzene rings is 1. The number of aliphatic hydroxyl groups is 1. The van der Waals surface area contributed by atoms with Gasteiger partial charge in [0, 0.05) is 49.6 Å². The monoisotopic (exact) mass is 508 g/mol. The fourth-order valence-corrected chi connectivity index (χ4v) is 5.30. The maximum Gasteiger partial charge on any atom is 0.258 e. The van der Waals surface area contributed by atoms with Gasteiger partial charge in [-0.1, -0.05) is 26.2 Å². The van der Waals surface area contributed by atoms with E-state index in [2.05, 4.69) is 29.2 Å². The van der Waals surface area contributed by atoms with E-state index < -0.39 is 0 Å². The predicted octanol–water partition coefficient (Wildman–Crippen LogP) is 3.95. The van der Waals surface area contributed by atoms with Crippen LogP contribution in [0.1, 0.15) is 61.9 Å². The Morgan fingerprint density at radius 2 is 1.95 bits per heavy atom. The van der Waals surface area contributed by atoms with Gasteiger partial charge in [-0.2, -0.15) is 0 Å². The largest absolute Gasteiger partial charge is 0.488 e. The molecule has 4 rings (SSSR count). The Morgan fingerprint density at radius 1 is 1.22 bits per heavy atom. The van der Waals surface area contributed by atoms with E-state index >= 15 is 0 Å². The molecule has 8 heteroatoms. The number of nitrogens with zero attached hydrogens (tertiary/aromatic N) is 3. The smallest absolute Gasteiger partial charge is 0.258 e. The summed E-state index contributed by atoms with van der Waals surface area (Å²) in [6.45, 7) is 5.69. The van der Waals surface area contributed by atoms with Crippen LogP contribution in [-0.4, -0.2) is 70.6 Å². The number of pyridine rings is 1. The average Bonchev–Trinajstić information content (AvgIpc) is 2.91. The first-order chi connectivity index (χ1) is 17.9. The SMILES string of the molecule is C[C@@H]1CN([C@@H](C)CO)C(=O)c2cc(NC(=O)C3CCCCC3)ccc2O[C@@H]1CN(C)Cc1ccncc1. The third-order valence-corrected chi connectivity index (χ3v) is 7.60. The number of nitrogens with one attached hydrogen (secondary N) is 1. The Morgan fingerprint density at radius 3 is 2.65 bits per heavy atom. The van der Waals surface area contributed by atoms with Crippen molar-refractivity contribution >= 4 is 17.5 Å². The van der Waals surface area contributed by atoms with Gasteiger partial charge >= 0.3 is 0 Å². The van der Waals surface area contributed by atoms with Crippen LogP contribution in [0.5, 0.6) is 5.75 Å². The van der Waals surface area contributed by atoms with Crippen molar-refractivity contribution in [3.63, 3.8) is 0 Å². The summed E-state index contributed by atoms with van der Waals surface area (Å²) in [6, 6.07) is 9.00. The van der Waals surface area contributed by atoms with Gasteiger partial charge < -0.3 is 20.1 Å². The Labute approximate surface area is 220 Å². The zero-order chi connectivity index (χ0) is 26.4.